The number of aryl methyl sites for hydroxylation is 1. The SMILES string of the molecule is CNc1cc(C)nc(Nc2ccc(OC)c(OC=C[C@@H]3CCN(C)C3)c2)n1. The molecule has 1 aromatic heterocycles. The third-order valence-electron chi connectivity index (χ3n) is 4.50. The van der Waals surface area contributed by atoms with Crippen molar-refractivity contribution in [1.82, 2.24) is 14.9 Å². The zero-order valence-corrected chi connectivity index (χ0v) is 16.3. The minimum absolute atomic E-state index is 0.528. The van der Waals surface area contributed by atoms with E-state index in [9.17, 15) is 0 Å². The molecule has 0 radical (unpaired) electrons. The number of anilines is 3. The molecule has 7 nitrogen and oxygen atoms in total. The highest BCUT2D eigenvalue weighted by Gasteiger charge is 2.16. The smallest absolute Gasteiger partial charge is 0.229 e. The minimum Gasteiger partial charge on any atom is -0.493 e. The van der Waals surface area contributed by atoms with Crippen molar-refractivity contribution in [2.45, 2.75) is 13.3 Å². The summed E-state index contributed by atoms with van der Waals surface area (Å²) in [6.07, 6.45) is 5.03. The Morgan fingerprint density at radius 1 is 1.22 bits per heavy atom. The van der Waals surface area contributed by atoms with Crippen LogP contribution in [0.5, 0.6) is 11.5 Å². The second kappa shape index (κ2) is 8.73. The summed E-state index contributed by atoms with van der Waals surface area (Å²) >= 11 is 0. The molecule has 1 aromatic carbocycles. The molecule has 0 unspecified atom stereocenters. The lowest BCUT2D eigenvalue weighted by molar-refractivity contribution is 0.376. The van der Waals surface area contributed by atoms with Gasteiger partial charge in [-0.3, -0.25) is 0 Å². The summed E-state index contributed by atoms with van der Waals surface area (Å²) in [7, 11) is 5.60. The zero-order chi connectivity index (χ0) is 19.2. The largest absolute Gasteiger partial charge is 0.493 e. The standard InChI is InChI=1S/C20H27N5O2/c1-14-11-19(21-2)24-20(22-14)23-16-5-6-17(26-4)18(12-16)27-10-8-15-7-9-25(3)13-15/h5-6,8,10-12,15H,7,9,13H2,1-4H3,(H2,21,22,23,24)/t15-/m0/s1. The predicted molar refractivity (Wildman–Crippen MR) is 108 cm³/mol. The highest BCUT2D eigenvalue weighted by atomic mass is 16.5. The number of nitrogens with one attached hydrogen (secondary N) is 2. The molecule has 0 aliphatic carbocycles. The Labute approximate surface area is 160 Å². The molecule has 0 amide bonds. The van der Waals surface area contributed by atoms with Crippen LogP contribution in [0.25, 0.3) is 0 Å². The second-order valence-corrected chi connectivity index (χ2v) is 6.72. The van der Waals surface area contributed by atoms with E-state index in [1.54, 1.807) is 13.4 Å². The first-order valence-electron chi connectivity index (χ1n) is 9.07. The van der Waals surface area contributed by atoms with Crippen molar-refractivity contribution in [2.24, 2.45) is 5.92 Å². The number of aromatic nitrogens is 2. The van der Waals surface area contributed by atoms with E-state index in [0.717, 1.165) is 36.7 Å². The van der Waals surface area contributed by atoms with E-state index in [1.807, 2.05) is 38.2 Å². The van der Waals surface area contributed by atoms with Crippen LogP contribution in [0.4, 0.5) is 17.5 Å². The summed E-state index contributed by atoms with van der Waals surface area (Å²) in [5.41, 5.74) is 1.71. The third-order valence-corrected chi connectivity index (χ3v) is 4.50. The summed E-state index contributed by atoms with van der Waals surface area (Å²) in [6, 6.07) is 7.55. The van der Waals surface area contributed by atoms with E-state index >= 15 is 0 Å². The Balaban J connectivity index is 1.73. The van der Waals surface area contributed by atoms with Gasteiger partial charge < -0.3 is 25.0 Å². The summed E-state index contributed by atoms with van der Waals surface area (Å²) < 4.78 is 11.3. The van der Waals surface area contributed by atoms with E-state index in [-0.39, 0.29) is 0 Å². The second-order valence-electron chi connectivity index (χ2n) is 6.72. The maximum atomic E-state index is 5.85. The number of methoxy groups -OCH3 is 1. The number of nitrogens with zero attached hydrogens (tertiary/aromatic N) is 3. The third kappa shape index (κ3) is 5.10. The quantitative estimate of drug-likeness (QED) is 0.725. The molecule has 7 heteroatoms. The average Bonchev–Trinajstić information content (AvgIpc) is 3.06. The molecule has 0 saturated carbocycles. The van der Waals surface area contributed by atoms with Gasteiger partial charge in [0.05, 0.1) is 13.4 Å². The predicted octanol–water partition coefficient (Wildman–Crippen LogP) is 3.42. The molecule has 144 valence electrons. The molecular weight excluding hydrogens is 342 g/mol. The first-order valence-corrected chi connectivity index (χ1v) is 9.07. The monoisotopic (exact) mass is 369 g/mol. The molecule has 0 bridgehead atoms. The molecule has 2 aromatic rings. The van der Waals surface area contributed by atoms with Crippen LogP contribution in [0.2, 0.25) is 0 Å². The average molecular weight is 369 g/mol. The molecule has 1 aliphatic rings. The van der Waals surface area contributed by atoms with Crippen molar-refractivity contribution < 1.29 is 9.47 Å². The Morgan fingerprint density at radius 3 is 2.78 bits per heavy atom. The van der Waals surface area contributed by atoms with Crippen LogP contribution in [-0.4, -0.2) is 49.2 Å². The molecule has 2 N–H and O–H groups in total. The summed E-state index contributed by atoms with van der Waals surface area (Å²) in [4.78, 5) is 11.2. The van der Waals surface area contributed by atoms with Crippen molar-refractivity contribution in [3.8, 4) is 11.5 Å². The fourth-order valence-electron chi connectivity index (χ4n) is 3.08. The van der Waals surface area contributed by atoms with Gasteiger partial charge in [0, 0.05) is 37.1 Å². The van der Waals surface area contributed by atoms with E-state index < -0.39 is 0 Å². The maximum Gasteiger partial charge on any atom is 0.229 e. The van der Waals surface area contributed by atoms with Gasteiger partial charge in [-0.2, -0.15) is 4.98 Å². The van der Waals surface area contributed by atoms with E-state index in [0.29, 0.717) is 23.4 Å². The van der Waals surface area contributed by atoms with Crippen LogP contribution in [0.15, 0.2) is 36.6 Å². The van der Waals surface area contributed by atoms with Gasteiger partial charge in [0.1, 0.15) is 5.82 Å². The number of likely N-dealkylation sites (tertiary alicyclic amines) is 1. The number of rotatable bonds is 7. The van der Waals surface area contributed by atoms with Gasteiger partial charge in [0.15, 0.2) is 11.5 Å². The fourth-order valence-corrected chi connectivity index (χ4v) is 3.08. The van der Waals surface area contributed by atoms with E-state index in [2.05, 4.69) is 38.6 Å². The van der Waals surface area contributed by atoms with Gasteiger partial charge in [0.25, 0.3) is 0 Å². The van der Waals surface area contributed by atoms with Crippen molar-refractivity contribution in [3.05, 3.63) is 42.3 Å². The first-order chi connectivity index (χ1) is 13.1. The van der Waals surface area contributed by atoms with Crippen LogP contribution >= 0.6 is 0 Å². The van der Waals surface area contributed by atoms with Gasteiger partial charge in [-0.15, -0.1) is 0 Å². The number of ether oxygens (including phenoxy) is 2. The highest BCUT2D eigenvalue weighted by Crippen LogP contribution is 2.31. The first kappa shape index (κ1) is 19.0. The Morgan fingerprint density at radius 2 is 2.07 bits per heavy atom. The van der Waals surface area contributed by atoms with Crippen LogP contribution < -0.4 is 20.1 Å². The molecule has 27 heavy (non-hydrogen) atoms. The van der Waals surface area contributed by atoms with Gasteiger partial charge >= 0.3 is 0 Å². The number of benzene rings is 1. The molecule has 1 saturated heterocycles. The molecule has 3 rings (SSSR count). The van der Waals surface area contributed by atoms with Gasteiger partial charge in [0.2, 0.25) is 5.95 Å². The topological polar surface area (TPSA) is 71.5 Å². The summed E-state index contributed by atoms with van der Waals surface area (Å²) in [5, 5.41) is 6.25. The Kier molecular flexibility index (Phi) is 6.13. The van der Waals surface area contributed by atoms with Crippen LogP contribution in [0.1, 0.15) is 12.1 Å². The molecule has 0 spiro atoms. The molecule has 1 aliphatic heterocycles. The zero-order valence-electron chi connectivity index (χ0n) is 16.3. The minimum atomic E-state index is 0.528. The lowest BCUT2D eigenvalue weighted by Gasteiger charge is -2.12. The molecule has 2 heterocycles. The van der Waals surface area contributed by atoms with Crippen LogP contribution in [-0.2, 0) is 0 Å². The van der Waals surface area contributed by atoms with E-state index in [4.69, 9.17) is 9.47 Å². The maximum absolute atomic E-state index is 5.85. The summed E-state index contributed by atoms with van der Waals surface area (Å²) in [5.74, 6) is 3.14. The summed E-state index contributed by atoms with van der Waals surface area (Å²) in [6.45, 7) is 4.13. The number of hydrogen-bond acceptors (Lipinski definition) is 7. The van der Waals surface area contributed by atoms with Gasteiger partial charge in [-0.05, 0) is 51.1 Å². The fraction of sp³-hybridized carbons (Fsp3) is 0.400. The van der Waals surface area contributed by atoms with Crippen molar-refractivity contribution >= 4 is 17.5 Å². The lowest BCUT2D eigenvalue weighted by atomic mass is 10.1. The van der Waals surface area contributed by atoms with Crippen LogP contribution in [0.3, 0.4) is 0 Å². The molecule has 1 fully saturated rings. The lowest BCUT2D eigenvalue weighted by Crippen LogP contribution is -2.13. The Hall–Kier alpha value is -2.80. The Bertz CT molecular complexity index is 809. The molecular formula is C20H27N5O2. The van der Waals surface area contributed by atoms with Gasteiger partial charge in [-0.1, -0.05) is 0 Å². The van der Waals surface area contributed by atoms with Crippen molar-refractivity contribution in [2.75, 3.05) is 44.9 Å². The van der Waals surface area contributed by atoms with Gasteiger partial charge in [-0.25, -0.2) is 4.98 Å². The van der Waals surface area contributed by atoms with E-state index in [1.165, 1.54) is 0 Å². The normalized spacial score (nSPS) is 17.3. The molecule has 1 atom stereocenters. The van der Waals surface area contributed by atoms with Crippen LogP contribution in [0, 0.1) is 12.8 Å². The highest BCUT2D eigenvalue weighted by molar-refractivity contribution is 5.60. The number of hydrogen-bond donors (Lipinski definition) is 2. The van der Waals surface area contributed by atoms with Crippen molar-refractivity contribution in [1.29, 1.82) is 0 Å². The van der Waals surface area contributed by atoms with Crippen molar-refractivity contribution in [3.63, 3.8) is 0 Å².